The third kappa shape index (κ3) is 4.23. The van der Waals surface area contributed by atoms with Gasteiger partial charge in [0, 0.05) is 24.5 Å². The molecule has 0 N–H and O–H groups in total. The molecule has 0 spiro atoms. The zero-order valence-electron chi connectivity index (χ0n) is 19.4. The summed E-state index contributed by atoms with van der Waals surface area (Å²) in [4.78, 5) is 23.5. The standard InChI is InChI=1S/C27H25FN4O3/c1-3-24(33)31-14-5-6-20(31)27-30-26(21-16-29-13-15-32(21)27)19-11-9-18(10-12-19)17-35-23-8-4-7-22(34-2)25(23)28/h3-4,7-13,15-16,20H,1,5-6,14,17H2,2H3. The summed E-state index contributed by atoms with van der Waals surface area (Å²) in [6, 6.07) is 12.5. The third-order valence-electron chi connectivity index (χ3n) is 6.25. The fourth-order valence-corrected chi connectivity index (χ4v) is 4.51. The monoisotopic (exact) mass is 472 g/mol. The number of methoxy groups -OCH3 is 1. The number of ether oxygens (including phenoxy) is 2. The fraction of sp³-hybridized carbons (Fsp3) is 0.222. The van der Waals surface area contributed by atoms with Crippen molar-refractivity contribution in [1.29, 1.82) is 0 Å². The predicted octanol–water partition coefficient (Wildman–Crippen LogP) is 4.97. The molecule has 7 nitrogen and oxygen atoms in total. The zero-order valence-corrected chi connectivity index (χ0v) is 19.4. The molecule has 0 bridgehead atoms. The van der Waals surface area contributed by atoms with E-state index in [4.69, 9.17) is 14.5 Å². The molecule has 2 aromatic heterocycles. The van der Waals surface area contributed by atoms with Crippen LogP contribution in [0.3, 0.4) is 0 Å². The first-order valence-corrected chi connectivity index (χ1v) is 11.4. The molecule has 0 radical (unpaired) electrons. The van der Waals surface area contributed by atoms with Crippen LogP contribution in [-0.4, -0.2) is 38.8 Å². The maximum atomic E-state index is 14.3. The highest BCUT2D eigenvalue weighted by molar-refractivity contribution is 5.87. The highest BCUT2D eigenvalue weighted by atomic mass is 19.1. The number of aromatic nitrogens is 3. The van der Waals surface area contributed by atoms with Gasteiger partial charge in [-0.3, -0.25) is 14.2 Å². The van der Waals surface area contributed by atoms with Gasteiger partial charge in [0.25, 0.3) is 0 Å². The Morgan fingerprint density at radius 1 is 1.23 bits per heavy atom. The molecule has 0 saturated carbocycles. The first kappa shape index (κ1) is 22.6. The Kier molecular flexibility index (Phi) is 6.18. The molecule has 1 amide bonds. The molecule has 1 saturated heterocycles. The minimum absolute atomic E-state index is 0.0864. The van der Waals surface area contributed by atoms with Crippen LogP contribution in [0.5, 0.6) is 11.5 Å². The smallest absolute Gasteiger partial charge is 0.246 e. The normalized spacial score (nSPS) is 15.4. The van der Waals surface area contributed by atoms with Crippen molar-refractivity contribution in [3.63, 3.8) is 0 Å². The number of hydrogen-bond acceptors (Lipinski definition) is 5. The van der Waals surface area contributed by atoms with Crippen LogP contribution in [0.1, 0.15) is 30.3 Å². The van der Waals surface area contributed by atoms with E-state index < -0.39 is 5.82 Å². The van der Waals surface area contributed by atoms with Crippen molar-refractivity contribution in [1.82, 2.24) is 19.3 Å². The maximum absolute atomic E-state index is 14.3. The highest BCUT2D eigenvalue weighted by Crippen LogP contribution is 2.35. The molecule has 4 aromatic rings. The number of rotatable bonds is 7. The predicted molar refractivity (Wildman–Crippen MR) is 130 cm³/mol. The molecule has 1 atom stereocenters. The second kappa shape index (κ2) is 9.58. The van der Waals surface area contributed by atoms with Gasteiger partial charge in [0.2, 0.25) is 11.7 Å². The van der Waals surface area contributed by atoms with Gasteiger partial charge in [-0.1, -0.05) is 36.9 Å². The number of nitrogens with zero attached hydrogens (tertiary/aromatic N) is 4. The second-order valence-corrected chi connectivity index (χ2v) is 8.30. The molecule has 1 aliphatic heterocycles. The van der Waals surface area contributed by atoms with Crippen molar-refractivity contribution in [2.24, 2.45) is 0 Å². The van der Waals surface area contributed by atoms with Gasteiger partial charge in [0.1, 0.15) is 12.4 Å². The van der Waals surface area contributed by atoms with Gasteiger partial charge in [0.05, 0.1) is 30.6 Å². The van der Waals surface area contributed by atoms with Crippen molar-refractivity contribution in [3.05, 3.63) is 90.9 Å². The van der Waals surface area contributed by atoms with Gasteiger partial charge in [-0.05, 0) is 36.6 Å². The molecule has 35 heavy (non-hydrogen) atoms. The first-order valence-electron chi connectivity index (χ1n) is 11.4. The molecular formula is C27H25FN4O3. The van der Waals surface area contributed by atoms with Gasteiger partial charge in [-0.2, -0.15) is 4.39 Å². The molecule has 178 valence electrons. The number of carbonyl (C=O) groups excluding carboxylic acids is 1. The number of fused-ring (bicyclic) bond motifs is 1. The third-order valence-corrected chi connectivity index (χ3v) is 6.25. The maximum Gasteiger partial charge on any atom is 0.246 e. The van der Waals surface area contributed by atoms with E-state index in [2.05, 4.69) is 11.6 Å². The Labute approximate surface area is 202 Å². The van der Waals surface area contributed by atoms with Gasteiger partial charge >= 0.3 is 0 Å². The molecular weight excluding hydrogens is 447 g/mol. The summed E-state index contributed by atoms with van der Waals surface area (Å²) >= 11 is 0. The average Bonchev–Trinajstić information content (AvgIpc) is 3.53. The van der Waals surface area contributed by atoms with Crippen LogP contribution in [0.2, 0.25) is 0 Å². The quantitative estimate of drug-likeness (QED) is 0.355. The summed E-state index contributed by atoms with van der Waals surface area (Å²) < 4.78 is 27.0. The molecule has 1 unspecified atom stereocenters. The van der Waals surface area contributed by atoms with E-state index in [1.165, 1.54) is 13.2 Å². The Balaban J connectivity index is 1.41. The lowest BCUT2D eigenvalue weighted by Gasteiger charge is -2.22. The minimum Gasteiger partial charge on any atom is -0.494 e. The summed E-state index contributed by atoms with van der Waals surface area (Å²) in [5, 5.41) is 0. The van der Waals surface area contributed by atoms with Crippen molar-refractivity contribution in [3.8, 4) is 22.8 Å². The van der Waals surface area contributed by atoms with Crippen molar-refractivity contribution in [2.45, 2.75) is 25.5 Å². The van der Waals surface area contributed by atoms with Gasteiger partial charge < -0.3 is 14.4 Å². The lowest BCUT2D eigenvalue weighted by Crippen LogP contribution is -2.29. The number of amides is 1. The number of benzene rings is 2. The van der Waals surface area contributed by atoms with E-state index in [0.717, 1.165) is 41.0 Å². The first-order chi connectivity index (χ1) is 17.1. The van der Waals surface area contributed by atoms with Crippen molar-refractivity contribution < 1.29 is 18.7 Å². The molecule has 1 fully saturated rings. The van der Waals surface area contributed by atoms with E-state index in [-0.39, 0.29) is 30.1 Å². The SMILES string of the molecule is C=CC(=O)N1CCCC1c1nc(-c2ccc(COc3cccc(OC)c3F)cc2)c2cnccn12. The van der Waals surface area contributed by atoms with Gasteiger partial charge in [-0.15, -0.1) is 0 Å². The van der Waals surface area contributed by atoms with Crippen LogP contribution in [0.15, 0.2) is 73.7 Å². The number of carbonyl (C=O) groups is 1. The van der Waals surface area contributed by atoms with Crippen LogP contribution in [0.4, 0.5) is 4.39 Å². The number of imidazole rings is 1. The summed E-state index contributed by atoms with van der Waals surface area (Å²) in [6.45, 7) is 4.54. The Morgan fingerprint density at radius 3 is 2.80 bits per heavy atom. The largest absolute Gasteiger partial charge is 0.494 e. The average molecular weight is 473 g/mol. The van der Waals surface area contributed by atoms with Crippen LogP contribution < -0.4 is 9.47 Å². The molecule has 5 rings (SSSR count). The number of likely N-dealkylation sites (tertiary alicyclic amines) is 1. The van der Waals surface area contributed by atoms with E-state index in [9.17, 15) is 9.18 Å². The van der Waals surface area contributed by atoms with E-state index in [1.807, 2.05) is 39.8 Å². The van der Waals surface area contributed by atoms with Crippen LogP contribution in [-0.2, 0) is 11.4 Å². The van der Waals surface area contributed by atoms with Crippen molar-refractivity contribution in [2.75, 3.05) is 13.7 Å². The Bertz CT molecular complexity index is 1380. The lowest BCUT2D eigenvalue weighted by atomic mass is 10.1. The summed E-state index contributed by atoms with van der Waals surface area (Å²) in [6.07, 6.45) is 8.49. The summed E-state index contributed by atoms with van der Waals surface area (Å²) in [5.41, 5.74) is 3.45. The molecule has 2 aromatic carbocycles. The fourth-order valence-electron chi connectivity index (χ4n) is 4.51. The lowest BCUT2D eigenvalue weighted by molar-refractivity contribution is -0.127. The topological polar surface area (TPSA) is 69.0 Å². The summed E-state index contributed by atoms with van der Waals surface area (Å²) in [7, 11) is 1.42. The zero-order chi connectivity index (χ0) is 24.4. The van der Waals surface area contributed by atoms with Crippen LogP contribution in [0.25, 0.3) is 16.8 Å². The van der Waals surface area contributed by atoms with Gasteiger partial charge in [0.15, 0.2) is 11.5 Å². The molecule has 1 aliphatic rings. The second-order valence-electron chi connectivity index (χ2n) is 8.30. The Hall–Kier alpha value is -4.20. The molecule has 3 heterocycles. The summed E-state index contributed by atoms with van der Waals surface area (Å²) in [5.74, 6) is 0.485. The van der Waals surface area contributed by atoms with Gasteiger partial charge in [-0.25, -0.2) is 4.98 Å². The minimum atomic E-state index is -0.521. The number of hydrogen-bond donors (Lipinski definition) is 0. The number of halogens is 1. The Morgan fingerprint density at radius 2 is 2.03 bits per heavy atom. The van der Waals surface area contributed by atoms with E-state index in [0.29, 0.717) is 6.54 Å². The molecule has 8 heteroatoms. The molecule has 0 aliphatic carbocycles. The van der Waals surface area contributed by atoms with Crippen LogP contribution >= 0.6 is 0 Å². The van der Waals surface area contributed by atoms with E-state index >= 15 is 0 Å². The highest BCUT2D eigenvalue weighted by Gasteiger charge is 2.32. The van der Waals surface area contributed by atoms with E-state index in [1.54, 1.807) is 30.6 Å². The van der Waals surface area contributed by atoms with Crippen molar-refractivity contribution >= 4 is 11.4 Å². The van der Waals surface area contributed by atoms with Crippen LogP contribution in [0, 0.1) is 5.82 Å².